The van der Waals surface area contributed by atoms with Gasteiger partial charge in [-0.3, -0.25) is 4.68 Å². The third kappa shape index (κ3) is 4.00. The van der Waals surface area contributed by atoms with E-state index in [1.807, 2.05) is 47.7 Å². The van der Waals surface area contributed by atoms with Crippen molar-refractivity contribution in [2.24, 2.45) is 0 Å². The lowest BCUT2D eigenvalue weighted by Gasteiger charge is -2.40. The molecule has 0 spiro atoms. The molecule has 26 heavy (non-hydrogen) atoms. The lowest BCUT2D eigenvalue weighted by atomic mass is 10.1. The number of nitrogens with one attached hydrogen (secondary N) is 1. The molecule has 1 aliphatic rings. The summed E-state index contributed by atoms with van der Waals surface area (Å²) in [5, 5.41) is 7.58. The molecule has 0 bridgehead atoms. The molecule has 2 heterocycles. The number of aryl methyl sites for hydroxylation is 2. The fourth-order valence-corrected chi connectivity index (χ4v) is 3.22. The number of likely N-dealkylation sites (tertiary alicyclic amines) is 1. The molecule has 1 atom stereocenters. The molecule has 0 unspecified atom stereocenters. The summed E-state index contributed by atoms with van der Waals surface area (Å²) < 4.78 is 7.62. The molecular weight excluding hydrogens is 328 g/mol. The number of benzene rings is 1. The van der Waals surface area contributed by atoms with E-state index in [4.69, 9.17) is 4.74 Å². The van der Waals surface area contributed by atoms with Crippen LogP contribution in [0.25, 0.3) is 0 Å². The quantitative estimate of drug-likeness (QED) is 0.860. The molecule has 6 heteroatoms. The number of hydrogen-bond acceptors (Lipinski definition) is 3. The van der Waals surface area contributed by atoms with Crippen molar-refractivity contribution in [1.29, 1.82) is 0 Å². The first-order valence-electron chi connectivity index (χ1n) is 9.29. The summed E-state index contributed by atoms with van der Waals surface area (Å²) in [6.07, 6.45) is 0.989. The lowest BCUT2D eigenvalue weighted by molar-refractivity contribution is 0.115. The van der Waals surface area contributed by atoms with E-state index in [1.165, 1.54) is 0 Å². The number of rotatable bonds is 6. The third-order valence-corrected chi connectivity index (χ3v) is 4.73. The first-order valence-corrected chi connectivity index (χ1v) is 9.29. The average molecular weight is 356 g/mol. The van der Waals surface area contributed by atoms with Crippen molar-refractivity contribution >= 4 is 6.03 Å². The van der Waals surface area contributed by atoms with E-state index >= 15 is 0 Å². The predicted molar refractivity (Wildman–Crippen MR) is 101 cm³/mol. The Morgan fingerprint density at radius 1 is 1.31 bits per heavy atom. The fraction of sp³-hybridized carbons (Fsp3) is 0.500. The van der Waals surface area contributed by atoms with Crippen LogP contribution in [0.3, 0.4) is 0 Å². The van der Waals surface area contributed by atoms with Gasteiger partial charge >= 0.3 is 6.03 Å². The molecule has 1 aromatic heterocycles. The number of nitrogens with zero attached hydrogens (tertiary/aromatic N) is 3. The van der Waals surface area contributed by atoms with Gasteiger partial charge in [-0.05, 0) is 51.0 Å². The third-order valence-electron chi connectivity index (χ3n) is 4.73. The standard InChI is InChI=1S/C20H28N4O2/c1-5-10-26-19-8-6-17(7-9-19)16(4)21-20(25)23-12-18(13-23)24-15(3)11-14(2)22-24/h6-9,11,16,18H,5,10,12-13H2,1-4H3,(H,21,25)/t16-/m0/s1. The monoisotopic (exact) mass is 356 g/mol. The van der Waals surface area contributed by atoms with Gasteiger partial charge in [0.15, 0.2) is 0 Å². The molecule has 3 rings (SSSR count). The van der Waals surface area contributed by atoms with Gasteiger partial charge < -0.3 is 15.0 Å². The van der Waals surface area contributed by atoms with E-state index in [9.17, 15) is 4.79 Å². The molecule has 6 nitrogen and oxygen atoms in total. The van der Waals surface area contributed by atoms with E-state index in [0.717, 1.165) is 35.7 Å². The number of hydrogen-bond donors (Lipinski definition) is 1. The van der Waals surface area contributed by atoms with Gasteiger partial charge in [0.1, 0.15) is 5.75 Å². The van der Waals surface area contributed by atoms with E-state index < -0.39 is 0 Å². The second-order valence-electron chi connectivity index (χ2n) is 7.02. The summed E-state index contributed by atoms with van der Waals surface area (Å²) in [7, 11) is 0. The van der Waals surface area contributed by atoms with Crippen LogP contribution in [0, 0.1) is 13.8 Å². The van der Waals surface area contributed by atoms with Crippen LogP contribution in [-0.2, 0) is 0 Å². The molecule has 1 aromatic carbocycles. The zero-order chi connectivity index (χ0) is 18.7. The van der Waals surface area contributed by atoms with Crippen molar-refractivity contribution in [3.8, 4) is 5.75 Å². The maximum absolute atomic E-state index is 12.4. The first kappa shape index (κ1) is 18.3. The van der Waals surface area contributed by atoms with Crippen LogP contribution in [0.15, 0.2) is 30.3 Å². The van der Waals surface area contributed by atoms with Crippen molar-refractivity contribution < 1.29 is 9.53 Å². The van der Waals surface area contributed by atoms with Crippen LogP contribution in [0.1, 0.15) is 49.3 Å². The van der Waals surface area contributed by atoms with Gasteiger partial charge in [-0.15, -0.1) is 0 Å². The SMILES string of the molecule is CCCOc1ccc([C@H](C)NC(=O)N2CC(n3nc(C)cc3C)C2)cc1. The maximum Gasteiger partial charge on any atom is 0.318 e. The second kappa shape index (κ2) is 7.81. The van der Waals surface area contributed by atoms with Crippen molar-refractivity contribution in [2.75, 3.05) is 19.7 Å². The Morgan fingerprint density at radius 3 is 2.58 bits per heavy atom. The summed E-state index contributed by atoms with van der Waals surface area (Å²) in [6, 6.07) is 10.2. The van der Waals surface area contributed by atoms with Crippen LogP contribution in [0.2, 0.25) is 0 Å². The summed E-state index contributed by atoms with van der Waals surface area (Å²) in [5.41, 5.74) is 3.23. The molecular formula is C20H28N4O2. The van der Waals surface area contributed by atoms with Crippen LogP contribution < -0.4 is 10.1 Å². The largest absolute Gasteiger partial charge is 0.494 e. The molecule has 2 amide bonds. The topological polar surface area (TPSA) is 59.4 Å². The Kier molecular flexibility index (Phi) is 5.49. The fourth-order valence-electron chi connectivity index (χ4n) is 3.22. The molecule has 1 fully saturated rings. The minimum atomic E-state index is -0.0459. The van der Waals surface area contributed by atoms with Crippen molar-refractivity contribution in [3.63, 3.8) is 0 Å². The number of ether oxygens (including phenoxy) is 1. The summed E-state index contributed by atoms with van der Waals surface area (Å²) >= 11 is 0. The molecule has 0 saturated carbocycles. The summed E-state index contributed by atoms with van der Waals surface area (Å²) in [4.78, 5) is 14.3. The van der Waals surface area contributed by atoms with Gasteiger partial charge in [-0.1, -0.05) is 19.1 Å². The van der Waals surface area contributed by atoms with Crippen molar-refractivity contribution in [2.45, 2.75) is 46.2 Å². The number of aromatic nitrogens is 2. The van der Waals surface area contributed by atoms with E-state index in [1.54, 1.807) is 0 Å². The Bertz CT molecular complexity index is 748. The van der Waals surface area contributed by atoms with Crippen LogP contribution in [0.4, 0.5) is 4.79 Å². The van der Waals surface area contributed by atoms with Gasteiger partial charge in [0.05, 0.1) is 24.4 Å². The molecule has 1 saturated heterocycles. The lowest BCUT2D eigenvalue weighted by Crippen LogP contribution is -2.54. The van der Waals surface area contributed by atoms with E-state index in [2.05, 4.69) is 30.3 Å². The van der Waals surface area contributed by atoms with Crippen molar-refractivity contribution in [3.05, 3.63) is 47.3 Å². The number of carbonyl (C=O) groups excluding carboxylic acids is 1. The zero-order valence-corrected chi connectivity index (χ0v) is 16.0. The minimum absolute atomic E-state index is 0.0263. The van der Waals surface area contributed by atoms with Crippen LogP contribution >= 0.6 is 0 Å². The Hall–Kier alpha value is -2.50. The highest BCUT2D eigenvalue weighted by atomic mass is 16.5. The molecule has 2 aromatic rings. The number of urea groups is 1. The van der Waals surface area contributed by atoms with Gasteiger partial charge in [0.2, 0.25) is 0 Å². The van der Waals surface area contributed by atoms with Crippen molar-refractivity contribution in [1.82, 2.24) is 20.0 Å². The highest BCUT2D eigenvalue weighted by molar-refractivity contribution is 5.75. The summed E-state index contributed by atoms with van der Waals surface area (Å²) in [6.45, 7) is 10.2. The first-order chi connectivity index (χ1) is 12.5. The molecule has 1 N–H and O–H groups in total. The maximum atomic E-state index is 12.4. The predicted octanol–water partition coefficient (Wildman–Crippen LogP) is 3.62. The number of carbonyl (C=O) groups is 1. The van der Waals surface area contributed by atoms with Crippen LogP contribution in [-0.4, -0.2) is 40.4 Å². The number of amides is 2. The van der Waals surface area contributed by atoms with Crippen LogP contribution in [0.5, 0.6) is 5.75 Å². The van der Waals surface area contributed by atoms with Gasteiger partial charge in [-0.25, -0.2) is 4.79 Å². The summed E-state index contributed by atoms with van der Waals surface area (Å²) in [5.74, 6) is 0.865. The van der Waals surface area contributed by atoms with E-state index in [-0.39, 0.29) is 18.1 Å². The average Bonchev–Trinajstić information content (AvgIpc) is 2.90. The Balaban J connectivity index is 1.50. The second-order valence-corrected chi connectivity index (χ2v) is 7.02. The highest BCUT2D eigenvalue weighted by Gasteiger charge is 2.33. The molecule has 0 aliphatic carbocycles. The normalized spacial score (nSPS) is 15.5. The van der Waals surface area contributed by atoms with Gasteiger partial charge in [0, 0.05) is 18.8 Å². The molecule has 0 radical (unpaired) electrons. The van der Waals surface area contributed by atoms with Gasteiger partial charge in [-0.2, -0.15) is 5.10 Å². The minimum Gasteiger partial charge on any atom is -0.494 e. The Labute approximate surface area is 155 Å². The smallest absolute Gasteiger partial charge is 0.318 e. The van der Waals surface area contributed by atoms with Gasteiger partial charge in [0.25, 0.3) is 0 Å². The highest BCUT2D eigenvalue weighted by Crippen LogP contribution is 2.24. The van der Waals surface area contributed by atoms with E-state index in [0.29, 0.717) is 13.1 Å². The molecule has 1 aliphatic heterocycles. The zero-order valence-electron chi connectivity index (χ0n) is 16.0. The Morgan fingerprint density at radius 2 is 2.00 bits per heavy atom. The molecule has 140 valence electrons.